The average Bonchev–Trinajstić information content (AvgIpc) is 2.20. The number of Topliss-reactive ketones (excluding diaryl/α,β-unsaturated/α-hetero) is 1. The second-order valence-electron chi connectivity index (χ2n) is 6.89. The minimum Gasteiger partial charge on any atom is -0.327 e. The van der Waals surface area contributed by atoms with Gasteiger partial charge in [-0.05, 0) is 17.8 Å². The molecule has 0 radical (unpaired) electrons. The quantitative estimate of drug-likeness (QED) is 0.667. The molecule has 2 unspecified atom stereocenters. The topological polar surface area (TPSA) is 43.1 Å². The molecule has 0 aliphatic rings. The van der Waals surface area contributed by atoms with Crippen LogP contribution in [0.3, 0.4) is 0 Å². The summed E-state index contributed by atoms with van der Waals surface area (Å²) in [5.74, 6) is 0.925. The first-order valence-electron chi connectivity index (χ1n) is 7.55. The van der Waals surface area contributed by atoms with Crippen molar-refractivity contribution in [3.8, 4) is 0 Å². The number of rotatable bonds is 9. The molecule has 0 aliphatic carbocycles. The first-order chi connectivity index (χ1) is 8.28. The van der Waals surface area contributed by atoms with Gasteiger partial charge in [-0.2, -0.15) is 0 Å². The zero-order chi connectivity index (χ0) is 14.2. The van der Waals surface area contributed by atoms with Crippen LogP contribution in [0.5, 0.6) is 0 Å². The Morgan fingerprint density at radius 3 is 2.22 bits per heavy atom. The predicted molar refractivity (Wildman–Crippen MR) is 79.6 cm³/mol. The number of ketones is 1. The summed E-state index contributed by atoms with van der Waals surface area (Å²) in [6.45, 7) is 10.9. The molecule has 0 saturated carbocycles. The summed E-state index contributed by atoms with van der Waals surface area (Å²) < 4.78 is 0. The monoisotopic (exact) mass is 255 g/mol. The second kappa shape index (κ2) is 8.68. The van der Waals surface area contributed by atoms with Crippen LogP contribution in [-0.2, 0) is 4.79 Å². The summed E-state index contributed by atoms with van der Waals surface area (Å²) in [6.07, 6.45) is 6.96. The van der Waals surface area contributed by atoms with Crippen molar-refractivity contribution in [2.45, 2.75) is 85.6 Å². The Labute approximate surface area is 114 Å². The Hall–Kier alpha value is -0.370. The zero-order valence-electron chi connectivity index (χ0n) is 13.1. The molecule has 18 heavy (non-hydrogen) atoms. The maximum Gasteiger partial charge on any atom is 0.134 e. The molecule has 2 heteroatoms. The fraction of sp³-hybridized carbons (Fsp3) is 0.938. The van der Waals surface area contributed by atoms with Crippen molar-refractivity contribution in [1.82, 2.24) is 0 Å². The summed E-state index contributed by atoms with van der Waals surface area (Å²) >= 11 is 0. The molecule has 0 aromatic carbocycles. The van der Waals surface area contributed by atoms with Gasteiger partial charge in [-0.3, -0.25) is 4.79 Å². The molecule has 2 N–H and O–H groups in total. The van der Waals surface area contributed by atoms with E-state index in [1.54, 1.807) is 0 Å². The van der Waals surface area contributed by atoms with E-state index in [2.05, 4.69) is 34.6 Å². The van der Waals surface area contributed by atoms with Gasteiger partial charge in [0, 0.05) is 18.9 Å². The van der Waals surface area contributed by atoms with Crippen molar-refractivity contribution < 1.29 is 4.79 Å². The van der Waals surface area contributed by atoms with Gasteiger partial charge in [0.15, 0.2) is 0 Å². The standard InChI is InChI=1S/C16H33NO/c1-6-8-9-13(7-2)10-15(18)11-14(17)12-16(3,4)5/h13-14H,6-12,17H2,1-5H3. The van der Waals surface area contributed by atoms with E-state index in [4.69, 9.17) is 5.73 Å². The Morgan fingerprint density at radius 2 is 1.78 bits per heavy atom. The van der Waals surface area contributed by atoms with Gasteiger partial charge in [-0.15, -0.1) is 0 Å². The number of hydrogen-bond acceptors (Lipinski definition) is 2. The first kappa shape index (κ1) is 17.6. The Morgan fingerprint density at radius 1 is 1.17 bits per heavy atom. The van der Waals surface area contributed by atoms with E-state index >= 15 is 0 Å². The maximum atomic E-state index is 12.0. The summed E-state index contributed by atoms with van der Waals surface area (Å²) in [5, 5.41) is 0. The largest absolute Gasteiger partial charge is 0.327 e. The minimum atomic E-state index is 0.0289. The molecule has 0 aliphatic heterocycles. The summed E-state index contributed by atoms with van der Waals surface area (Å²) in [4.78, 5) is 12.0. The fourth-order valence-corrected chi connectivity index (χ4v) is 2.50. The molecular weight excluding hydrogens is 222 g/mol. The lowest BCUT2D eigenvalue weighted by atomic mass is 9.85. The molecule has 0 amide bonds. The third kappa shape index (κ3) is 9.64. The van der Waals surface area contributed by atoms with Gasteiger partial charge in [-0.1, -0.05) is 60.3 Å². The van der Waals surface area contributed by atoms with Crippen LogP contribution in [-0.4, -0.2) is 11.8 Å². The number of carbonyl (C=O) groups excluding carboxylic acids is 1. The molecule has 0 spiro atoms. The molecule has 0 fully saturated rings. The smallest absolute Gasteiger partial charge is 0.134 e. The molecule has 0 aromatic heterocycles. The van der Waals surface area contributed by atoms with Gasteiger partial charge < -0.3 is 5.73 Å². The Kier molecular flexibility index (Phi) is 8.51. The van der Waals surface area contributed by atoms with Crippen LogP contribution in [0, 0.1) is 11.3 Å². The summed E-state index contributed by atoms with van der Waals surface area (Å²) in [6, 6.07) is 0.0289. The van der Waals surface area contributed by atoms with E-state index in [9.17, 15) is 4.79 Å². The highest BCUT2D eigenvalue weighted by atomic mass is 16.1. The van der Waals surface area contributed by atoms with Crippen LogP contribution in [0.15, 0.2) is 0 Å². The minimum absolute atomic E-state index is 0.0289. The number of nitrogens with two attached hydrogens (primary N) is 1. The molecule has 0 saturated heterocycles. The van der Waals surface area contributed by atoms with Crippen molar-refractivity contribution in [1.29, 1.82) is 0 Å². The van der Waals surface area contributed by atoms with Crippen LogP contribution in [0.1, 0.15) is 79.6 Å². The highest BCUT2D eigenvalue weighted by Crippen LogP contribution is 2.23. The SMILES string of the molecule is CCCCC(CC)CC(=O)CC(N)CC(C)(C)C. The van der Waals surface area contributed by atoms with E-state index in [1.807, 2.05) is 0 Å². The van der Waals surface area contributed by atoms with Gasteiger partial charge in [-0.25, -0.2) is 0 Å². The van der Waals surface area contributed by atoms with Gasteiger partial charge in [0.05, 0.1) is 0 Å². The van der Waals surface area contributed by atoms with E-state index in [-0.39, 0.29) is 11.5 Å². The molecule has 0 aromatic rings. The van der Waals surface area contributed by atoms with Crippen LogP contribution >= 0.6 is 0 Å². The molecule has 0 heterocycles. The molecule has 0 rings (SSSR count). The molecular formula is C16H33NO. The zero-order valence-corrected chi connectivity index (χ0v) is 13.1. The van der Waals surface area contributed by atoms with Gasteiger partial charge in [0.1, 0.15) is 5.78 Å². The van der Waals surface area contributed by atoms with E-state index in [0.717, 1.165) is 19.3 Å². The molecule has 2 atom stereocenters. The van der Waals surface area contributed by atoms with Crippen molar-refractivity contribution >= 4 is 5.78 Å². The lowest BCUT2D eigenvalue weighted by Crippen LogP contribution is -2.29. The van der Waals surface area contributed by atoms with E-state index in [0.29, 0.717) is 18.1 Å². The highest BCUT2D eigenvalue weighted by Gasteiger charge is 2.19. The van der Waals surface area contributed by atoms with Crippen molar-refractivity contribution in [2.24, 2.45) is 17.1 Å². The third-order valence-electron chi connectivity index (χ3n) is 3.42. The van der Waals surface area contributed by atoms with Crippen LogP contribution < -0.4 is 5.73 Å². The summed E-state index contributed by atoms with van der Waals surface area (Å²) in [7, 11) is 0. The highest BCUT2D eigenvalue weighted by molar-refractivity contribution is 5.79. The van der Waals surface area contributed by atoms with E-state index in [1.165, 1.54) is 19.3 Å². The number of hydrogen-bond donors (Lipinski definition) is 1. The maximum absolute atomic E-state index is 12.0. The number of unbranched alkanes of at least 4 members (excludes halogenated alkanes) is 1. The molecule has 0 bridgehead atoms. The third-order valence-corrected chi connectivity index (χ3v) is 3.42. The predicted octanol–water partition coefficient (Wildman–Crippen LogP) is 4.32. The van der Waals surface area contributed by atoms with Crippen molar-refractivity contribution in [2.75, 3.05) is 0 Å². The van der Waals surface area contributed by atoms with E-state index < -0.39 is 0 Å². The van der Waals surface area contributed by atoms with Crippen LogP contribution in [0.4, 0.5) is 0 Å². The lowest BCUT2D eigenvalue weighted by Gasteiger charge is -2.23. The molecule has 2 nitrogen and oxygen atoms in total. The van der Waals surface area contributed by atoms with Crippen LogP contribution in [0.2, 0.25) is 0 Å². The van der Waals surface area contributed by atoms with Crippen molar-refractivity contribution in [3.05, 3.63) is 0 Å². The van der Waals surface area contributed by atoms with Crippen molar-refractivity contribution in [3.63, 3.8) is 0 Å². The average molecular weight is 255 g/mol. The normalized spacial score (nSPS) is 15.4. The van der Waals surface area contributed by atoms with Gasteiger partial charge in [0.25, 0.3) is 0 Å². The first-order valence-corrected chi connectivity index (χ1v) is 7.55. The Balaban J connectivity index is 4.00. The second-order valence-corrected chi connectivity index (χ2v) is 6.89. The van der Waals surface area contributed by atoms with Gasteiger partial charge in [0.2, 0.25) is 0 Å². The summed E-state index contributed by atoms with van der Waals surface area (Å²) in [5.41, 5.74) is 6.27. The Bertz CT molecular complexity index is 230. The molecule has 108 valence electrons. The van der Waals surface area contributed by atoms with Crippen LogP contribution in [0.25, 0.3) is 0 Å². The fourth-order valence-electron chi connectivity index (χ4n) is 2.50. The number of carbonyl (C=O) groups is 1. The van der Waals surface area contributed by atoms with Gasteiger partial charge >= 0.3 is 0 Å². The lowest BCUT2D eigenvalue weighted by molar-refractivity contribution is -0.120.